The van der Waals surface area contributed by atoms with Crippen molar-refractivity contribution in [2.24, 2.45) is 45.3 Å². The van der Waals surface area contributed by atoms with E-state index in [1.807, 2.05) is 0 Å². The molecule has 8 bridgehead atoms. The Morgan fingerprint density at radius 1 is 0.667 bits per heavy atom. The first-order chi connectivity index (χ1) is 18.7. The average Bonchev–Trinajstić information content (AvgIpc) is 2.89. The molecule has 5 atom stereocenters. The molecule has 8 aliphatic rings. The van der Waals surface area contributed by atoms with Crippen LogP contribution in [0.25, 0.3) is 0 Å². The molecule has 0 amide bonds. The summed E-state index contributed by atoms with van der Waals surface area (Å²) in [5.41, 5.74) is -1.98. The third-order valence-electron chi connectivity index (χ3n) is 11.3. The highest BCUT2D eigenvalue weighted by Crippen LogP contribution is 2.67. The van der Waals surface area contributed by atoms with Gasteiger partial charge in [0.15, 0.2) is 6.29 Å². The van der Waals surface area contributed by atoms with Gasteiger partial charge in [-0.3, -0.25) is 14.4 Å². The standard InChI is InChI=1S/C30H44O9/c1-35-23(31)27-9-19-7-20(10-27)14-29(13-19,17-27)25(33)38-5-3-37-4-6-39-26(34)30-15-21-8-22(16-30)12-28(11-21,18-30)24(32)36-2/h19-22,25,33H,3-18H2,1-2H3/t19?,20?,21?,22?,25-,27?,28-,29?,30+/m0/s1. The molecule has 9 heteroatoms. The summed E-state index contributed by atoms with van der Waals surface area (Å²) in [6.45, 7) is 0.905. The molecule has 9 nitrogen and oxygen atoms in total. The molecule has 0 aliphatic heterocycles. The van der Waals surface area contributed by atoms with Crippen LogP contribution in [0.15, 0.2) is 0 Å². The average molecular weight is 549 g/mol. The quantitative estimate of drug-likeness (QED) is 0.179. The summed E-state index contributed by atoms with van der Waals surface area (Å²) in [6, 6.07) is 0. The largest absolute Gasteiger partial charge is 0.469 e. The van der Waals surface area contributed by atoms with Gasteiger partial charge in [-0.25, -0.2) is 0 Å². The van der Waals surface area contributed by atoms with Crippen LogP contribution in [0.5, 0.6) is 0 Å². The molecule has 0 spiro atoms. The molecule has 8 rings (SSSR count). The number of ether oxygens (including phenoxy) is 5. The fourth-order valence-electron chi connectivity index (χ4n) is 10.9. The molecule has 0 saturated heterocycles. The molecule has 0 radical (unpaired) electrons. The SMILES string of the molecule is COC(=O)C12CC3CC(C1)CC([C@@H](O)OCCOCCOC(=O)[C@]14CC5CC(C[C@](C(=O)OC)(C5)C1)C4)(C3)C2. The maximum absolute atomic E-state index is 13.2. The first kappa shape index (κ1) is 27.5. The van der Waals surface area contributed by atoms with Gasteiger partial charge in [0.2, 0.25) is 0 Å². The predicted octanol–water partition coefficient (Wildman–Crippen LogP) is 3.40. The Balaban J connectivity index is 0.941. The molecule has 8 fully saturated rings. The van der Waals surface area contributed by atoms with Crippen molar-refractivity contribution in [2.45, 2.75) is 83.3 Å². The predicted molar refractivity (Wildman–Crippen MR) is 137 cm³/mol. The molecule has 4 unspecified atom stereocenters. The summed E-state index contributed by atoms with van der Waals surface area (Å²) in [5.74, 6) is 1.12. The van der Waals surface area contributed by atoms with E-state index in [1.54, 1.807) is 0 Å². The first-order valence-corrected chi connectivity index (χ1v) is 14.9. The van der Waals surface area contributed by atoms with Gasteiger partial charge in [-0.1, -0.05) is 0 Å². The molecule has 0 heterocycles. The minimum absolute atomic E-state index is 0.139. The topological polar surface area (TPSA) is 118 Å². The van der Waals surface area contributed by atoms with Crippen molar-refractivity contribution in [3.8, 4) is 0 Å². The number of carbonyl (C=O) groups is 3. The van der Waals surface area contributed by atoms with E-state index in [0.717, 1.165) is 64.2 Å². The summed E-state index contributed by atoms with van der Waals surface area (Å²) in [6.07, 6.45) is 9.19. The molecule has 218 valence electrons. The number of rotatable bonds is 11. The van der Waals surface area contributed by atoms with Gasteiger partial charge in [-0.2, -0.15) is 0 Å². The van der Waals surface area contributed by atoms with Crippen molar-refractivity contribution in [3.63, 3.8) is 0 Å². The lowest BCUT2D eigenvalue weighted by molar-refractivity contribution is -0.249. The van der Waals surface area contributed by atoms with Crippen molar-refractivity contribution >= 4 is 17.9 Å². The van der Waals surface area contributed by atoms with Gasteiger partial charge in [-0.15, -0.1) is 0 Å². The fraction of sp³-hybridized carbons (Fsp3) is 0.900. The highest BCUT2D eigenvalue weighted by atomic mass is 16.6. The van der Waals surface area contributed by atoms with E-state index in [-0.39, 0.29) is 44.3 Å². The van der Waals surface area contributed by atoms with Crippen LogP contribution in [0.3, 0.4) is 0 Å². The Kier molecular flexibility index (Phi) is 7.03. The Morgan fingerprint density at radius 3 is 1.67 bits per heavy atom. The van der Waals surface area contributed by atoms with Crippen LogP contribution in [0.4, 0.5) is 0 Å². The van der Waals surface area contributed by atoms with E-state index in [9.17, 15) is 19.5 Å². The third kappa shape index (κ3) is 4.60. The summed E-state index contributed by atoms with van der Waals surface area (Å²) < 4.78 is 27.5. The van der Waals surface area contributed by atoms with E-state index in [0.29, 0.717) is 36.5 Å². The van der Waals surface area contributed by atoms with Gasteiger partial charge in [0, 0.05) is 5.41 Å². The van der Waals surface area contributed by atoms with Gasteiger partial charge >= 0.3 is 17.9 Å². The lowest BCUT2D eigenvalue weighted by atomic mass is 9.44. The smallest absolute Gasteiger partial charge is 0.312 e. The Labute approximate surface area is 230 Å². The van der Waals surface area contributed by atoms with Crippen molar-refractivity contribution < 1.29 is 43.2 Å². The van der Waals surface area contributed by atoms with E-state index in [2.05, 4.69) is 0 Å². The first-order valence-electron chi connectivity index (χ1n) is 14.9. The van der Waals surface area contributed by atoms with Crippen LogP contribution < -0.4 is 0 Å². The number of esters is 3. The molecule has 0 aromatic carbocycles. The minimum Gasteiger partial charge on any atom is -0.469 e. The van der Waals surface area contributed by atoms with Gasteiger partial charge in [0.05, 0.1) is 50.3 Å². The van der Waals surface area contributed by atoms with E-state index < -0.39 is 27.9 Å². The monoisotopic (exact) mass is 548 g/mol. The second-order valence-corrected chi connectivity index (χ2v) is 14.1. The number of hydrogen-bond acceptors (Lipinski definition) is 9. The van der Waals surface area contributed by atoms with Crippen molar-refractivity contribution in [2.75, 3.05) is 40.6 Å². The number of aliphatic hydroxyl groups is 1. The molecule has 0 aromatic rings. The van der Waals surface area contributed by atoms with Gasteiger partial charge < -0.3 is 28.8 Å². The van der Waals surface area contributed by atoms with Gasteiger partial charge in [0.1, 0.15) is 6.61 Å². The Morgan fingerprint density at radius 2 is 1.13 bits per heavy atom. The van der Waals surface area contributed by atoms with Gasteiger partial charge in [-0.05, 0) is 101 Å². The zero-order valence-electron chi connectivity index (χ0n) is 23.4. The maximum atomic E-state index is 13.2. The summed E-state index contributed by atoms with van der Waals surface area (Å²) in [7, 11) is 2.89. The Bertz CT molecular complexity index is 963. The third-order valence-corrected chi connectivity index (χ3v) is 11.3. The zero-order chi connectivity index (χ0) is 27.5. The normalized spacial score (nSPS) is 43.8. The van der Waals surface area contributed by atoms with E-state index >= 15 is 0 Å². The highest BCUT2D eigenvalue weighted by Gasteiger charge is 2.65. The number of aliphatic hydroxyl groups excluding tert-OH is 1. The van der Waals surface area contributed by atoms with E-state index in [1.165, 1.54) is 14.2 Å². The van der Waals surface area contributed by atoms with Crippen LogP contribution in [0, 0.1) is 45.3 Å². The molecule has 8 aliphatic carbocycles. The summed E-state index contributed by atoms with van der Waals surface area (Å²) in [5, 5.41) is 11.1. The Hall–Kier alpha value is -1.71. The summed E-state index contributed by atoms with van der Waals surface area (Å²) in [4.78, 5) is 38.5. The maximum Gasteiger partial charge on any atom is 0.312 e. The van der Waals surface area contributed by atoms with Crippen LogP contribution in [-0.2, 0) is 38.1 Å². The van der Waals surface area contributed by atoms with Crippen LogP contribution >= 0.6 is 0 Å². The molecular weight excluding hydrogens is 504 g/mol. The number of methoxy groups -OCH3 is 2. The molecule has 0 aromatic heterocycles. The van der Waals surface area contributed by atoms with Gasteiger partial charge in [0.25, 0.3) is 0 Å². The fourth-order valence-corrected chi connectivity index (χ4v) is 10.9. The molecule has 1 N–H and O–H groups in total. The number of carbonyl (C=O) groups excluding carboxylic acids is 3. The molecule has 8 saturated carbocycles. The van der Waals surface area contributed by atoms with Crippen LogP contribution in [0.1, 0.15) is 77.0 Å². The minimum atomic E-state index is -0.938. The number of hydrogen-bond donors (Lipinski definition) is 1. The van der Waals surface area contributed by atoms with Crippen molar-refractivity contribution in [3.05, 3.63) is 0 Å². The van der Waals surface area contributed by atoms with Crippen LogP contribution in [0.2, 0.25) is 0 Å². The van der Waals surface area contributed by atoms with Crippen LogP contribution in [-0.4, -0.2) is 70.0 Å². The zero-order valence-corrected chi connectivity index (χ0v) is 23.4. The molecule has 39 heavy (non-hydrogen) atoms. The lowest BCUT2D eigenvalue weighted by Crippen LogP contribution is -2.59. The highest BCUT2D eigenvalue weighted by molar-refractivity contribution is 5.83. The summed E-state index contributed by atoms with van der Waals surface area (Å²) >= 11 is 0. The second-order valence-electron chi connectivity index (χ2n) is 14.1. The van der Waals surface area contributed by atoms with E-state index in [4.69, 9.17) is 23.7 Å². The second kappa shape index (κ2) is 9.98. The van der Waals surface area contributed by atoms with Crippen molar-refractivity contribution in [1.29, 1.82) is 0 Å². The lowest BCUT2D eigenvalue weighted by Gasteiger charge is -2.61. The molecular formula is C30H44O9. The van der Waals surface area contributed by atoms with Crippen molar-refractivity contribution in [1.82, 2.24) is 0 Å².